The van der Waals surface area contributed by atoms with Crippen LogP contribution in [0.2, 0.25) is 0 Å². The summed E-state index contributed by atoms with van der Waals surface area (Å²) in [5.41, 5.74) is 4.43. The van der Waals surface area contributed by atoms with E-state index in [1.807, 2.05) is 28.9 Å². The summed E-state index contributed by atoms with van der Waals surface area (Å²) in [5, 5.41) is 14.8. The molecular weight excluding hydrogens is 465 g/mol. The lowest BCUT2D eigenvalue weighted by atomic mass is 9.98. The number of hydrogen-bond donors (Lipinski definition) is 1. The lowest BCUT2D eigenvalue weighted by Crippen LogP contribution is -2.35. The molecule has 1 aliphatic rings. The number of hydrogen-bond acceptors (Lipinski definition) is 5. The maximum Gasteiger partial charge on any atom is 0.253 e. The summed E-state index contributed by atoms with van der Waals surface area (Å²) in [7, 11) is 0. The highest BCUT2D eigenvalue weighted by Crippen LogP contribution is 2.33. The Balaban J connectivity index is 1.49. The van der Waals surface area contributed by atoms with Crippen LogP contribution in [0.3, 0.4) is 0 Å². The Bertz CT molecular complexity index is 1370. The first-order chi connectivity index (χ1) is 16.9. The highest BCUT2D eigenvalue weighted by molar-refractivity contribution is 7.15. The first kappa shape index (κ1) is 23.3. The second-order valence-electron chi connectivity index (χ2n) is 9.13. The van der Waals surface area contributed by atoms with E-state index < -0.39 is 0 Å². The van der Waals surface area contributed by atoms with Gasteiger partial charge in [-0.15, -0.1) is 11.3 Å². The fourth-order valence-corrected chi connectivity index (χ4v) is 5.37. The quantitative estimate of drug-likeness (QED) is 0.319. The molecule has 0 unspecified atom stereocenters. The van der Waals surface area contributed by atoms with Crippen LogP contribution in [0.25, 0.3) is 16.2 Å². The maximum atomic E-state index is 13.2. The molecule has 182 valence electrons. The third-order valence-corrected chi connectivity index (χ3v) is 7.66. The van der Waals surface area contributed by atoms with E-state index in [2.05, 4.69) is 29.3 Å². The lowest BCUT2D eigenvalue weighted by molar-refractivity contribution is -0.612. The fourth-order valence-electron chi connectivity index (χ4n) is 4.49. The number of anilines is 1. The van der Waals surface area contributed by atoms with Crippen molar-refractivity contribution in [1.82, 2.24) is 14.7 Å². The van der Waals surface area contributed by atoms with Crippen molar-refractivity contribution in [2.75, 3.05) is 24.7 Å². The smallest absolute Gasteiger partial charge is 0.253 e. The Kier molecular flexibility index (Phi) is 6.42. The number of carbonyl (C=O) groups excluding carboxylic acids is 1. The van der Waals surface area contributed by atoms with Crippen LogP contribution in [0, 0.1) is 25.0 Å². The number of alkyl halides is 1. The number of aryl methyl sites for hydroxylation is 2. The zero-order chi connectivity index (χ0) is 24.5. The number of thiophene rings is 1. The van der Waals surface area contributed by atoms with Crippen LogP contribution < -0.4 is 14.9 Å². The van der Waals surface area contributed by atoms with Crippen molar-refractivity contribution in [3.8, 4) is 10.6 Å². The van der Waals surface area contributed by atoms with Gasteiger partial charge in [-0.05, 0) is 49.9 Å². The normalized spacial score (nSPS) is 14.5. The minimum atomic E-state index is -0.292. The van der Waals surface area contributed by atoms with Crippen LogP contribution in [-0.4, -0.2) is 35.1 Å². The molecule has 0 spiro atoms. The summed E-state index contributed by atoms with van der Waals surface area (Å²) >= 11 is 1.68. The maximum absolute atomic E-state index is 13.2. The lowest BCUT2D eigenvalue weighted by Gasteiger charge is -2.32. The van der Waals surface area contributed by atoms with Crippen LogP contribution in [0.1, 0.15) is 39.3 Å². The van der Waals surface area contributed by atoms with Crippen LogP contribution in [-0.2, 0) is 6.54 Å². The van der Waals surface area contributed by atoms with E-state index in [0.717, 1.165) is 58.1 Å². The van der Waals surface area contributed by atoms with Crippen molar-refractivity contribution in [3.05, 3.63) is 75.8 Å². The largest absolute Gasteiger partial charge is 0.619 e. The molecule has 5 heterocycles. The molecule has 4 aromatic rings. The number of amides is 1. The SMILES string of the molecule is Cc1ccc(-c2cnc3c(N4CCC(CF)CC4)cc(C(=O)NCc4ccc(C)[n+]([O-])c4)cn23)s1. The number of piperidine rings is 1. The summed E-state index contributed by atoms with van der Waals surface area (Å²) in [6, 6.07) is 9.59. The van der Waals surface area contributed by atoms with Crippen LogP contribution >= 0.6 is 11.3 Å². The third-order valence-electron chi connectivity index (χ3n) is 6.64. The van der Waals surface area contributed by atoms with Gasteiger partial charge in [0.05, 0.1) is 34.7 Å². The fraction of sp³-hybridized carbons (Fsp3) is 0.346. The summed E-state index contributed by atoms with van der Waals surface area (Å²) in [6.07, 6.45) is 6.70. The molecule has 0 aromatic carbocycles. The molecule has 1 amide bonds. The van der Waals surface area contributed by atoms with Crippen LogP contribution in [0.4, 0.5) is 10.1 Å². The Morgan fingerprint density at radius 1 is 1.26 bits per heavy atom. The standard InChI is InChI=1S/C26H28FN5O2S/c1-17-3-5-20(15-32(17)34)13-29-26(33)21-11-22(30-9-7-19(12-27)8-10-30)25-28-14-23(31(25)16-21)24-6-4-18(2)35-24/h3-6,11,14-16,19H,7-10,12-13H2,1-2H3,(H,29,33). The van der Waals surface area contributed by atoms with Gasteiger partial charge in [0, 0.05) is 49.3 Å². The first-order valence-electron chi connectivity index (χ1n) is 11.8. The average Bonchev–Trinajstić information content (AvgIpc) is 3.50. The number of nitrogens with one attached hydrogen (secondary N) is 1. The molecule has 1 N–H and O–H groups in total. The molecule has 0 bridgehead atoms. The average molecular weight is 494 g/mol. The molecule has 1 saturated heterocycles. The number of fused-ring (bicyclic) bond motifs is 1. The summed E-state index contributed by atoms with van der Waals surface area (Å²) in [4.78, 5) is 22.4. The zero-order valence-electron chi connectivity index (χ0n) is 19.8. The van der Waals surface area contributed by atoms with Gasteiger partial charge in [-0.2, -0.15) is 4.73 Å². The minimum Gasteiger partial charge on any atom is -0.619 e. The van der Waals surface area contributed by atoms with E-state index in [0.29, 0.717) is 11.3 Å². The minimum absolute atomic E-state index is 0.0939. The molecule has 0 aliphatic carbocycles. The van der Waals surface area contributed by atoms with Gasteiger partial charge in [-0.25, -0.2) is 4.98 Å². The van der Waals surface area contributed by atoms with Gasteiger partial charge >= 0.3 is 0 Å². The van der Waals surface area contributed by atoms with E-state index in [1.54, 1.807) is 24.3 Å². The Morgan fingerprint density at radius 2 is 2.06 bits per heavy atom. The summed E-state index contributed by atoms with van der Waals surface area (Å²) in [6.45, 7) is 5.20. The molecular formula is C26H28FN5O2S. The number of nitrogens with zero attached hydrogens (tertiary/aromatic N) is 4. The number of carbonyl (C=O) groups is 1. The Morgan fingerprint density at radius 3 is 2.74 bits per heavy atom. The van der Waals surface area contributed by atoms with Gasteiger partial charge in [-0.1, -0.05) is 0 Å². The number of halogens is 1. The van der Waals surface area contributed by atoms with E-state index >= 15 is 0 Å². The number of aromatic nitrogens is 3. The van der Waals surface area contributed by atoms with Crippen molar-refractivity contribution >= 4 is 28.6 Å². The zero-order valence-corrected chi connectivity index (χ0v) is 20.6. The predicted molar refractivity (Wildman–Crippen MR) is 135 cm³/mol. The number of rotatable bonds is 6. The van der Waals surface area contributed by atoms with Gasteiger partial charge in [0.25, 0.3) is 5.91 Å². The molecule has 0 saturated carbocycles. The van der Waals surface area contributed by atoms with Gasteiger partial charge in [0.1, 0.15) is 0 Å². The topological polar surface area (TPSA) is 76.6 Å². The van der Waals surface area contributed by atoms with Crippen LogP contribution in [0.5, 0.6) is 0 Å². The highest BCUT2D eigenvalue weighted by atomic mass is 32.1. The van der Waals surface area contributed by atoms with Crippen molar-refractivity contribution in [2.24, 2.45) is 5.92 Å². The van der Waals surface area contributed by atoms with Gasteiger partial charge in [0.2, 0.25) is 0 Å². The highest BCUT2D eigenvalue weighted by Gasteiger charge is 2.24. The van der Waals surface area contributed by atoms with Crippen molar-refractivity contribution in [3.63, 3.8) is 0 Å². The molecule has 0 radical (unpaired) electrons. The summed E-state index contributed by atoms with van der Waals surface area (Å²) in [5.74, 6) is -0.136. The van der Waals surface area contributed by atoms with E-state index in [-0.39, 0.29) is 25.0 Å². The van der Waals surface area contributed by atoms with E-state index in [4.69, 9.17) is 4.98 Å². The van der Waals surface area contributed by atoms with Crippen molar-refractivity contribution in [2.45, 2.75) is 33.2 Å². The molecule has 1 fully saturated rings. The van der Waals surface area contributed by atoms with Gasteiger partial charge < -0.3 is 15.4 Å². The third kappa shape index (κ3) is 4.73. The molecule has 1 aliphatic heterocycles. The van der Waals surface area contributed by atoms with Crippen molar-refractivity contribution in [1.29, 1.82) is 0 Å². The Labute approximate surface area is 207 Å². The molecule has 7 nitrogen and oxygen atoms in total. The van der Waals surface area contributed by atoms with Crippen molar-refractivity contribution < 1.29 is 13.9 Å². The molecule has 9 heteroatoms. The molecule has 5 rings (SSSR count). The summed E-state index contributed by atoms with van der Waals surface area (Å²) < 4.78 is 16.0. The molecule has 0 atom stereocenters. The first-order valence-corrected chi connectivity index (χ1v) is 12.6. The molecule has 4 aromatic heterocycles. The second-order valence-corrected chi connectivity index (χ2v) is 10.4. The molecule has 35 heavy (non-hydrogen) atoms. The van der Waals surface area contributed by atoms with Gasteiger partial charge in [-0.3, -0.25) is 13.6 Å². The van der Waals surface area contributed by atoms with Crippen LogP contribution in [0.15, 0.2) is 48.9 Å². The monoisotopic (exact) mass is 493 g/mol. The van der Waals surface area contributed by atoms with Gasteiger partial charge in [0.15, 0.2) is 17.5 Å². The predicted octanol–water partition coefficient (Wildman–Crippen LogP) is 4.43. The number of imidazole rings is 1. The van der Waals surface area contributed by atoms with E-state index in [1.165, 1.54) is 11.1 Å². The van der Waals surface area contributed by atoms with E-state index in [9.17, 15) is 14.4 Å². The number of pyridine rings is 2. The Hall–Kier alpha value is -3.46. The second kappa shape index (κ2) is 9.65.